The van der Waals surface area contributed by atoms with Crippen LogP contribution in [0.5, 0.6) is 0 Å². The standard InChI is InChI=1S/C16H10F2N4O5/c17-10-3-1-9(2-4-10)15-20-21(16(24)27-15)8-14(23)19-13-7-11(22(25)26)5-6-12(13)18/h1-7H,8H2,(H,19,23). The number of carbonyl (C=O) groups is 1. The molecule has 1 N–H and O–H groups in total. The third kappa shape index (κ3) is 4.03. The Morgan fingerprint density at radius 3 is 2.59 bits per heavy atom. The van der Waals surface area contributed by atoms with Gasteiger partial charge in [-0.1, -0.05) is 0 Å². The first-order valence-corrected chi connectivity index (χ1v) is 7.41. The quantitative estimate of drug-likeness (QED) is 0.539. The van der Waals surface area contributed by atoms with Crippen LogP contribution in [0, 0.1) is 21.7 Å². The molecule has 3 aromatic rings. The number of nitro benzene ring substituents is 1. The molecule has 3 rings (SSSR count). The molecule has 27 heavy (non-hydrogen) atoms. The third-order valence-electron chi connectivity index (χ3n) is 3.43. The summed E-state index contributed by atoms with van der Waals surface area (Å²) in [4.78, 5) is 33.8. The van der Waals surface area contributed by atoms with Gasteiger partial charge in [0.15, 0.2) is 0 Å². The van der Waals surface area contributed by atoms with Crippen molar-refractivity contribution in [1.29, 1.82) is 0 Å². The molecule has 0 aliphatic carbocycles. The van der Waals surface area contributed by atoms with Crippen LogP contribution < -0.4 is 11.1 Å². The summed E-state index contributed by atoms with van der Waals surface area (Å²) in [5.74, 6) is -3.30. The molecular formula is C16H10F2N4O5. The lowest BCUT2D eigenvalue weighted by atomic mass is 10.2. The number of carbonyl (C=O) groups excluding carboxylic acids is 1. The first-order chi connectivity index (χ1) is 12.8. The molecule has 0 unspecified atom stereocenters. The molecule has 0 atom stereocenters. The number of amides is 1. The van der Waals surface area contributed by atoms with Crippen molar-refractivity contribution in [3.8, 4) is 11.5 Å². The van der Waals surface area contributed by atoms with Crippen molar-refractivity contribution in [2.24, 2.45) is 0 Å². The molecule has 0 radical (unpaired) electrons. The van der Waals surface area contributed by atoms with E-state index in [4.69, 9.17) is 4.42 Å². The lowest BCUT2D eigenvalue weighted by Gasteiger charge is -2.05. The summed E-state index contributed by atoms with van der Waals surface area (Å²) in [6.45, 7) is -0.619. The largest absolute Gasteiger partial charge is 0.437 e. The summed E-state index contributed by atoms with van der Waals surface area (Å²) in [6.07, 6.45) is 0. The minimum atomic E-state index is -0.955. The van der Waals surface area contributed by atoms with Gasteiger partial charge in [-0.15, -0.1) is 5.10 Å². The zero-order valence-electron chi connectivity index (χ0n) is 13.4. The van der Waals surface area contributed by atoms with Crippen LogP contribution in [0.15, 0.2) is 51.7 Å². The molecular weight excluding hydrogens is 366 g/mol. The predicted octanol–water partition coefficient (Wildman–Crippen LogP) is 2.33. The molecule has 1 amide bonds. The first-order valence-electron chi connectivity index (χ1n) is 7.41. The van der Waals surface area contributed by atoms with E-state index in [-0.39, 0.29) is 5.89 Å². The van der Waals surface area contributed by atoms with E-state index >= 15 is 0 Å². The van der Waals surface area contributed by atoms with Gasteiger partial charge in [-0.3, -0.25) is 14.9 Å². The Labute approximate surface area is 149 Å². The average molecular weight is 376 g/mol. The summed E-state index contributed by atoms with van der Waals surface area (Å²) in [7, 11) is 0. The number of anilines is 1. The van der Waals surface area contributed by atoms with Crippen LogP contribution in [0.1, 0.15) is 0 Å². The minimum absolute atomic E-state index is 0.130. The Morgan fingerprint density at radius 2 is 1.93 bits per heavy atom. The van der Waals surface area contributed by atoms with E-state index in [0.29, 0.717) is 10.2 Å². The smallest absolute Gasteiger partial charge is 0.388 e. The maximum absolute atomic E-state index is 13.7. The normalized spacial score (nSPS) is 10.6. The number of non-ortho nitro benzene ring substituents is 1. The Morgan fingerprint density at radius 1 is 1.22 bits per heavy atom. The fraction of sp³-hybridized carbons (Fsp3) is 0.0625. The highest BCUT2D eigenvalue weighted by molar-refractivity contribution is 5.91. The van der Waals surface area contributed by atoms with Gasteiger partial charge in [0.2, 0.25) is 11.8 Å². The van der Waals surface area contributed by atoms with Crippen LogP contribution in [-0.2, 0) is 11.3 Å². The molecule has 0 bridgehead atoms. The maximum atomic E-state index is 13.7. The fourth-order valence-corrected chi connectivity index (χ4v) is 2.16. The fourth-order valence-electron chi connectivity index (χ4n) is 2.16. The Balaban J connectivity index is 1.77. The van der Waals surface area contributed by atoms with Gasteiger partial charge in [-0.25, -0.2) is 13.6 Å². The van der Waals surface area contributed by atoms with E-state index < -0.39 is 46.1 Å². The SMILES string of the molecule is O=C(Cn1nc(-c2ccc(F)cc2)oc1=O)Nc1cc([N+](=O)[O-])ccc1F. The van der Waals surface area contributed by atoms with Crippen LogP contribution in [0.3, 0.4) is 0 Å². The predicted molar refractivity (Wildman–Crippen MR) is 87.8 cm³/mol. The van der Waals surface area contributed by atoms with Gasteiger partial charge in [-0.2, -0.15) is 4.68 Å². The molecule has 0 saturated carbocycles. The zero-order chi connectivity index (χ0) is 19.6. The second kappa shape index (κ2) is 7.15. The number of halogens is 2. The number of benzene rings is 2. The average Bonchev–Trinajstić information content (AvgIpc) is 2.97. The molecule has 0 aliphatic rings. The summed E-state index contributed by atoms with van der Waals surface area (Å²) < 4.78 is 32.2. The molecule has 0 fully saturated rings. The number of hydrogen-bond donors (Lipinski definition) is 1. The van der Waals surface area contributed by atoms with Gasteiger partial charge in [0.05, 0.1) is 10.6 Å². The minimum Gasteiger partial charge on any atom is -0.388 e. The zero-order valence-corrected chi connectivity index (χ0v) is 13.4. The van der Waals surface area contributed by atoms with Crippen molar-refractivity contribution < 1.29 is 22.9 Å². The number of nitrogens with zero attached hydrogens (tertiary/aromatic N) is 3. The molecule has 11 heteroatoms. The Hall–Kier alpha value is -3.89. The molecule has 138 valence electrons. The maximum Gasteiger partial charge on any atom is 0.437 e. The second-order valence-electron chi connectivity index (χ2n) is 5.31. The van der Waals surface area contributed by atoms with Crippen molar-refractivity contribution in [2.75, 3.05) is 5.32 Å². The van der Waals surface area contributed by atoms with Crippen molar-refractivity contribution in [3.05, 3.63) is 74.8 Å². The van der Waals surface area contributed by atoms with E-state index in [2.05, 4.69) is 10.4 Å². The molecule has 0 saturated heterocycles. The summed E-state index contributed by atoms with van der Waals surface area (Å²) in [6, 6.07) is 7.60. The molecule has 1 heterocycles. The van der Waals surface area contributed by atoms with Crippen LogP contribution in [-0.4, -0.2) is 20.6 Å². The molecule has 9 nitrogen and oxygen atoms in total. The lowest BCUT2D eigenvalue weighted by molar-refractivity contribution is -0.384. The molecule has 2 aromatic carbocycles. The first kappa shape index (κ1) is 17.9. The molecule has 0 spiro atoms. The van der Waals surface area contributed by atoms with Crippen LogP contribution in [0.2, 0.25) is 0 Å². The van der Waals surface area contributed by atoms with Gasteiger partial charge in [0, 0.05) is 17.7 Å². The van der Waals surface area contributed by atoms with E-state index in [1.54, 1.807) is 0 Å². The van der Waals surface area contributed by atoms with Gasteiger partial charge >= 0.3 is 5.76 Å². The van der Waals surface area contributed by atoms with Crippen LogP contribution in [0.25, 0.3) is 11.5 Å². The van der Waals surface area contributed by atoms with Gasteiger partial charge in [0.1, 0.15) is 18.2 Å². The molecule has 1 aromatic heterocycles. The number of aromatic nitrogens is 2. The Kier molecular flexibility index (Phi) is 4.75. The van der Waals surface area contributed by atoms with Crippen LogP contribution in [0.4, 0.5) is 20.2 Å². The highest BCUT2D eigenvalue weighted by Gasteiger charge is 2.16. The van der Waals surface area contributed by atoms with E-state index in [9.17, 15) is 28.5 Å². The van der Waals surface area contributed by atoms with E-state index in [1.165, 1.54) is 12.1 Å². The number of rotatable bonds is 5. The van der Waals surface area contributed by atoms with Crippen molar-refractivity contribution >= 4 is 17.3 Å². The lowest BCUT2D eigenvalue weighted by Crippen LogP contribution is -2.26. The van der Waals surface area contributed by atoms with Gasteiger partial charge in [-0.05, 0) is 30.3 Å². The summed E-state index contributed by atoms with van der Waals surface area (Å²) in [5.41, 5.74) is -0.509. The monoisotopic (exact) mass is 376 g/mol. The van der Waals surface area contributed by atoms with Crippen molar-refractivity contribution in [1.82, 2.24) is 9.78 Å². The number of hydrogen-bond acceptors (Lipinski definition) is 6. The van der Waals surface area contributed by atoms with Gasteiger partial charge < -0.3 is 9.73 Å². The molecule has 0 aliphatic heterocycles. The third-order valence-corrected chi connectivity index (χ3v) is 3.43. The van der Waals surface area contributed by atoms with E-state index in [1.807, 2.05) is 0 Å². The number of nitrogens with one attached hydrogen (secondary N) is 1. The van der Waals surface area contributed by atoms with Crippen molar-refractivity contribution in [2.45, 2.75) is 6.54 Å². The number of nitro groups is 1. The van der Waals surface area contributed by atoms with Crippen LogP contribution >= 0.6 is 0 Å². The topological polar surface area (TPSA) is 120 Å². The second-order valence-corrected chi connectivity index (χ2v) is 5.31. The van der Waals surface area contributed by atoms with Crippen molar-refractivity contribution in [3.63, 3.8) is 0 Å². The van der Waals surface area contributed by atoms with E-state index in [0.717, 1.165) is 30.3 Å². The summed E-state index contributed by atoms with van der Waals surface area (Å²) >= 11 is 0. The Bertz CT molecular complexity index is 1080. The highest BCUT2D eigenvalue weighted by Crippen LogP contribution is 2.21. The summed E-state index contributed by atoms with van der Waals surface area (Å²) in [5, 5.41) is 16.7. The highest BCUT2D eigenvalue weighted by atomic mass is 19.1. The van der Waals surface area contributed by atoms with Gasteiger partial charge in [0.25, 0.3) is 5.69 Å².